The van der Waals surface area contributed by atoms with Crippen molar-refractivity contribution >= 4 is 17.5 Å². The minimum atomic E-state index is -0.0979. The Kier molecular flexibility index (Phi) is 7.83. The number of rotatable bonds is 9. The second kappa shape index (κ2) is 10.4. The van der Waals surface area contributed by atoms with E-state index in [1.165, 1.54) is 0 Å². The van der Waals surface area contributed by atoms with Crippen LogP contribution in [0.5, 0.6) is 0 Å². The van der Waals surface area contributed by atoms with Crippen LogP contribution in [0.15, 0.2) is 54.6 Å². The number of hydrogen-bond donors (Lipinski definition) is 2. The molecular weight excluding hydrogens is 326 g/mol. The van der Waals surface area contributed by atoms with Crippen molar-refractivity contribution in [2.45, 2.75) is 20.3 Å². The molecule has 2 amide bonds. The number of hydrogen-bond acceptors (Lipinski definition) is 3. The molecule has 2 aromatic rings. The first-order chi connectivity index (χ1) is 12.6. The van der Waals surface area contributed by atoms with Gasteiger partial charge in [0.25, 0.3) is 5.91 Å². The molecule has 0 saturated heterocycles. The summed E-state index contributed by atoms with van der Waals surface area (Å²) in [6.07, 6.45) is 0.328. The first-order valence-corrected chi connectivity index (χ1v) is 9.06. The summed E-state index contributed by atoms with van der Waals surface area (Å²) in [6, 6.07) is 16.6. The van der Waals surface area contributed by atoms with E-state index in [2.05, 4.69) is 29.4 Å². The molecule has 5 nitrogen and oxygen atoms in total. The van der Waals surface area contributed by atoms with Gasteiger partial charge in [-0.15, -0.1) is 0 Å². The summed E-state index contributed by atoms with van der Waals surface area (Å²) in [6.45, 7) is 7.63. The highest BCUT2D eigenvalue weighted by Gasteiger charge is 2.08. The lowest BCUT2D eigenvalue weighted by Crippen LogP contribution is -2.34. The highest BCUT2D eigenvalue weighted by molar-refractivity contribution is 5.96. The van der Waals surface area contributed by atoms with Crippen LogP contribution in [0.1, 0.15) is 29.8 Å². The Morgan fingerprint density at radius 3 is 2.19 bits per heavy atom. The summed E-state index contributed by atoms with van der Waals surface area (Å²) in [5, 5.41) is 5.78. The van der Waals surface area contributed by atoms with E-state index >= 15 is 0 Å². The van der Waals surface area contributed by atoms with Gasteiger partial charge < -0.3 is 15.5 Å². The zero-order valence-electron chi connectivity index (χ0n) is 15.5. The molecule has 138 valence electrons. The van der Waals surface area contributed by atoms with E-state index in [0.717, 1.165) is 25.2 Å². The van der Waals surface area contributed by atoms with Gasteiger partial charge in [-0.05, 0) is 42.9 Å². The summed E-state index contributed by atoms with van der Waals surface area (Å²) < 4.78 is 0. The Balaban J connectivity index is 1.81. The molecular formula is C21H27N3O2. The second-order valence-electron chi connectivity index (χ2n) is 6.07. The topological polar surface area (TPSA) is 61.4 Å². The van der Waals surface area contributed by atoms with Crippen LogP contribution in [0.25, 0.3) is 0 Å². The van der Waals surface area contributed by atoms with Gasteiger partial charge in [0.15, 0.2) is 0 Å². The average Bonchev–Trinajstić information content (AvgIpc) is 2.66. The van der Waals surface area contributed by atoms with Gasteiger partial charge in [-0.1, -0.05) is 44.2 Å². The Morgan fingerprint density at radius 1 is 0.923 bits per heavy atom. The number of carbonyl (C=O) groups excluding carboxylic acids is 2. The molecule has 0 heterocycles. The summed E-state index contributed by atoms with van der Waals surface area (Å²) in [5.41, 5.74) is 2.24. The smallest absolute Gasteiger partial charge is 0.251 e. The maximum atomic E-state index is 12.2. The number of nitrogens with one attached hydrogen (secondary N) is 2. The SMILES string of the molecule is CCN(CC)CCNC(=O)c1ccc(NC(=O)Cc2ccccc2)cc1. The van der Waals surface area contributed by atoms with Crippen LogP contribution in [0.2, 0.25) is 0 Å². The van der Waals surface area contributed by atoms with Gasteiger partial charge in [-0.3, -0.25) is 9.59 Å². The highest BCUT2D eigenvalue weighted by atomic mass is 16.2. The van der Waals surface area contributed by atoms with Gasteiger partial charge in [0.2, 0.25) is 5.91 Å². The number of anilines is 1. The van der Waals surface area contributed by atoms with Crippen molar-refractivity contribution < 1.29 is 9.59 Å². The van der Waals surface area contributed by atoms with E-state index in [4.69, 9.17) is 0 Å². The summed E-state index contributed by atoms with van der Waals surface area (Å²) >= 11 is 0. The zero-order chi connectivity index (χ0) is 18.8. The second-order valence-corrected chi connectivity index (χ2v) is 6.07. The van der Waals surface area contributed by atoms with E-state index < -0.39 is 0 Å². The first kappa shape index (κ1) is 19.7. The molecule has 0 saturated carbocycles. The molecule has 0 radical (unpaired) electrons. The van der Waals surface area contributed by atoms with Crippen LogP contribution in [-0.4, -0.2) is 42.9 Å². The number of amides is 2. The highest BCUT2D eigenvalue weighted by Crippen LogP contribution is 2.10. The maximum Gasteiger partial charge on any atom is 0.251 e. The molecule has 0 aromatic heterocycles. The van der Waals surface area contributed by atoms with Crippen LogP contribution in [0.3, 0.4) is 0 Å². The Morgan fingerprint density at radius 2 is 1.58 bits per heavy atom. The monoisotopic (exact) mass is 353 g/mol. The van der Waals surface area contributed by atoms with Crippen molar-refractivity contribution in [2.24, 2.45) is 0 Å². The van der Waals surface area contributed by atoms with Crippen LogP contribution in [0, 0.1) is 0 Å². The number of likely N-dealkylation sites (N-methyl/N-ethyl adjacent to an activating group) is 1. The normalized spacial score (nSPS) is 10.6. The molecule has 0 aliphatic carbocycles. The van der Waals surface area contributed by atoms with Crippen molar-refractivity contribution in [1.29, 1.82) is 0 Å². The van der Waals surface area contributed by atoms with Crippen molar-refractivity contribution in [1.82, 2.24) is 10.2 Å². The number of nitrogens with zero attached hydrogens (tertiary/aromatic N) is 1. The van der Waals surface area contributed by atoms with Crippen LogP contribution in [0.4, 0.5) is 5.69 Å². The van der Waals surface area contributed by atoms with E-state index in [1.54, 1.807) is 24.3 Å². The van der Waals surface area contributed by atoms with Crippen LogP contribution >= 0.6 is 0 Å². The van der Waals surface area contributed by atoms with Crippen molar-refractivity contribution in [3.05, 3.63) is 65.7 Å². The van der Waals surface area contributed by atoms with Crippen LogP contribution < -0.4 is 10.6 Å². The van der Waals surface area contributed by atoms with Gasteiger partial charge in [-0.2, -0.15) is 0 Å². The van der Waals surface area contributed by atoms with Crippen LogP contribution in [-0.2, 0) is 11.2 Å². The Labute approximate surface area is 155 Å². The average molecular weight is 353 g/mol. The zero-order valence-corrected chi connectivity index (χ0v) is 15.5. The lowest BCUT2D eigenvalue weighted by atomic mass is 10.1. The predicted octanol–water partition coefficient (Wildman–Crippen LogP) is 2.94. The molecule has 0 atom stereocenters. The van der Waals surface area contributed by atoms with Crippen molar-refractivity contribution in [3.8, 4) is 0 Å². The quantitative estimate of drug-likeness (QED) is 0.729. The molecule has 0 aliphatic rings. The van der Waals surface area contributed by atoms with Gasteiger partial charge in [0.05, 0.1) is 6.42 Å². The minimum absolute atomic E-state index is 0.0763. The molecule has 0 bridgehead atoms. The van der Waals surface area contributed by atoms with Crippen molar-refractivity contribution in [2.75, 3.05) is 31.5 Å². The third kappa shape index (κ3) is 6.33. The third-order valence-corrected chi connectivity index (χ3v) is 4.25. The largest absolute Gasteiger partial charge is 0.351 e. The Bertz CT molecular complexity index is 695. The lowest BCUT2D eigenvalue weighted by Gasteiger charge is -2.18. The molecule has 2 rings (SSSR count). The van der Waals surface area contributed by atoms with E-state index in [-0.39, 0.29) is 11.8 Å². The minimum Gasteiger partial charge on any atom is -0.351 e. The van der Waals surface area contributed by atoms with E-state index in [9.17, 15) is 9.59 Å². The molecule has 5 heteroatoms. The van der Waals surface area contributed by atoms with Gasteiger partial charge in [-0.25, -0.2) is 0 Å². The standard InChI is InChI=1S/C21H27N3O2/c1-3-24(4-2)15-14-22-21(26)18-10-12-19(13-11-18)23-20(25)16-17-8-6-5-7-9-17/h5-13H,3-4,14-16H2,1-2H3,(H,22,26)(H,23,25). The van der Waals surface area contributed by atoms with Crippen molar-refractivity contribution in [3.63, 3.8) is 0 Å². The molecule has 0 aliphatic heterocycles. The molecule has 0 fully saturated rings. The summed E-state index contributed by atoms with van der Waals surface area (Å²) in [5.74, 6) is -0.174. The molecule has 0 unspecified atom stereocenters. The first-order valence-electron chi connectivity index (χ1n) is 9.06. The van der Waals surface area contributed by atoms with Gasteiger partial charge in [0, 0.05) is 24.3 Å². The van der Waals surface area contributed by atoms with Gasteiger partial charge in [0.1, 0.15) is 0 Å². The van der Waals surface area contributed by atoms with Gasteiger partial charge >= 0.3 is 0 Å². The molecule has 2 aromatic carbocycles. The fraction of sp³-hybridized carbons (Fsp3) is 0.333. The fourth-order valence-corrected chi connectivity index (χ4v) is 2.66. The summed E-state index contributed by atoms with van der Waals surface area (Å²) in [7, 11) is 0. The lowest BCUT2D eigenvalue weighted by molar-refractivity contribution is -0.115. The molecule has 0 spiro atoms. The molecule has 26 heavy (non-hydrogen) atoms. The Hall–Kier alpha value is -2.66. The van der Waals surface area contributed by atoms with E-state index in [1.807, 2.05) is 30.3 Å². The number of carbonyl (C=O) groups is 2. The van der Waals surface area contributed by atoms with E-state index in [0.29, 0.717) is 24.2 Å². The fourth-order valence-electron chi connectivity index (χ4n) is 2.66. The summed E-state index contributed by atoms with van der Waals surface area (Å²) in [4.78, 5) is 26.5. The third-order valence-electron chi connectivity index (χ3n) is 4.25. The predicted molar refractivity (Wildman–Crippen MR) is 105 cm³/mol. The molecule has 2 N–H and O–H groups in total. The number of benzene rings is 2. The maximum absolute atomic E-state index is 12.2.